The Labute approximate surface area is 151 Å². The minimum Gasteiger partial charge on any atom is -0.497 e. The predicted molar refractivity (Wildman–Crippen MR) is 96.8 cm³/mol. The van der Waals surface area contributed by atoms with Crippen LogP contribution in [0, 0.1) is 5.92 Å². The van der Waals surface area contributed by atoms with Crippen LogP contribution in [-0.2, 0) is 16.1 Å². The number of ether oxygens (including phenoxy) is 1. The monoisotopic (exact) mass is 358 g/mol. The Morgan fingerprint density at radius 2 is 2.04 bits per heavy atom. The molecule has 2 amide bonds. The topological polar surface area (TPSA) is 58.6 Å². The van der Waals surface area contributed by atoms with Gasteiger partial charge in [-0.15, -0.1) is 0 Å². The highest BCUT2D eigenvalue weighted by Crippen LogP contribution is 2.26. The highest BCUT2D eigenvalue weighted by molar-refractivity contribution is 6.30. The van der Waals surface area contributed by atoms with E-state index in [2.05, 4.69) is 5.32 Å². The van der Waals surface area contributed by atoms with Crippen molar-refractivity contribution in [1.82, 2.24) is 5.32 Å². The fourth-order valence-corrected chi connectivity index (χ4v) is 3.02. The van der Waals surface area contributed by atoms with Crippen molar-refractivity contribution < 1.29 is 14.3 Å². The molecule has 1 heterocycles. The van der Waals surface area contributed by atoms with Crippen molar-refractivity contribution in [2.75, 3.05) is 18.6 Å². The number of nitrogens with zero attached hydrogens (tertiary/aromatic N) is 1. The van der Waals surface area contributed by atoms with E-state index in [1.807, 2.05) is 24.3 Å². The van der Waals surface area contributed by atoms with Crippen LogP contribution in [0.5, 0.6) is 5.75 Å². The summed E-state index contributed by atoms with van der Waals surface area (Å²) in [5, 5.41) is 3.45. The zero-order valence-corrected chi connectivity index (χ0v) is 14.6. The normalized spacial score (nSPS) is 16.8. The van der Waals surface area contributed by atoms with Gasteiger partial charge in [-0.2, -0.15) is 0 Å². The maximum atomic E-state index is 12.6. The van der Waals surface area contributed by atoms with E-state index >= 15 is 0 Å². The van der Waals surface area contributed by atoms with Crippen molar-refractivity contribution in [2.45, 2.75) is 13.0 Å². The van der Waals surface area contributed by atoms with Crippen molar-refractivity contribution in [3.05, 3.63) is 59.1 Å². The van der Waals surface area contributed by atoms with Crippen LogP contribution in [0.3, 0.4) is 0 Å². The number of nitrogens with one attached hydrogen (secondary N) is 1. The third-order valence-electron chi connectivity index (χ3n) is 4.26. The summed E-state index contributed by atoms with van der Waals surface area (Å²) >= 11 is 5.88. The Bertz CT molecular complexity index is 776. The molecule has 6 heteroatoms. The van der Waals surface area contributed by atoms with Gasteiger partial charge in [-0.05, 0) is 48.4 Å². The molecule has 1 atom stereocenters. The molecule has 0 unspecified atom stereocenters. The molecule has 0 bridgehead atoms. The summed E-state index contributed by atoms with van der Waals surface area (Å²) in [5.41, 5.74) is 1.69. The van der Waals surface area contributed by atoms with Gasteiger partial charge in [0, 0.05) is 23.8 Å². The Morgan fingerprint density at radius 3 is 2.76 bits per heavy atom. The van der Waals surface area contributed by atoms with Crippen LogP contribution in [0.1, 0.15) is 12.0 Å². The van der Waals surface area contributed by atoms with Crippen LogP contribution in [0.4, 0.5) is 5.69 Å². The van der Waals surface area contributed by atoms with Crippen LogP contribution in [-0.4, -0.2) is 25.5 Å². The van der Waals surface area contributed by atoms with Crippen LogP contribution in [0.15, 0.2) is 48.5 Å². The highest BCUT2D eigenvalue weighted by atomic mass is 35.5. The smallest absolute Gasteiger partial charge is 0.239 e. The average molecular weight is 359 g/mol. The third kappa shape index (κ3) is 3.94. The second kappa shape index (κ2) is 7.57. The summed E-state index contributed by atoms with van der Waals surface area (Å²) in [6.07, 6.45) is 0.505. The number of halogens is 1. The zero-order valence-electron chi connectivity index (χ0n) is 13.9. The fraction of sp³-hybridized carbons (Fsp3) is 0.263. The van der Waals surface area contributed by atoms with E-state index in [9.17, 15) is 9.59 Å². The summed E-state index contributed by atoms with van der Waals surface area (Å²) in [4.78, 5) is 26.6. The number of amides is 2. The predicted octanol–water partition coefficient (Wildman–Crippen LogP) is 3.02. The number of carbonyl (C=O) groups is 2. The quantitative estimate of drug-likeness (QED) is 0.836. The first-order chi connectivity index (χ1) is 12.1. The summed E-state index contributed by atoms with van der Waals surface area (Å²) in [6.45, 7) is 0.887. The SMILES string of the molecule is COc1cccc(CNC(=O)[C@@H]2CCN(c3ccc(Cl)cc3)C2=O)c1. The number of methoxy groups -OCH3 is 1. The molecule has 0 aromatic heterocycles. The summed E-state index contributed by atoms with van der Waals surface area (Å²) in [7, 11) is 1.60. The minimum absolute atomic E-state index is 0.175. The molecule has 1 saturated heterocycles. The van der Waals surface area contributed by atoms with Crippen LogP contribution in [0.25, 0.3) is 0 Å². The molecular weight excluding hydrogens is 340 g/mol. The lowest BCUT2D eigenvalue weighted by molar-refractivity contribution is -0.132. The van der Waals surface area contributed by atoms with E-state index in [0.29, 0.717) is 24.5 Å². The Balaban J connectivity index is 1.61. The molecule has 25 heavy (non-hydrogen) atoms. The van der Waals surface area contributed by atoms with Crippen molar-refractivity contribution in [2.24, 2.45) is 5.92 Å². The van der Waals surface area contributed by atoms with Crippen molar-refractivity contribution in [3.8, 4) is 5.75 Å². The van der Waals surface area contributed by atoms with E-state index < -0.39 is 5.92 Å². The molecule has 130 valence electrons. The van der Waals surface area contributed by atoms with Gasteiger partial charge in [0.1, 0.15) is 11.7 Å². The molecule has 0 saturated carbocycles. The molecule has 0 spiro atoms. The van der Waals surface area contributed by atoms with Gasteiger partial charge in [-0.1, -0.05) is 23.7 Å². The lowest BCUT2D eigenvalue weighted by atomic mass is 10.1. The number of benzene rings is 2. The zero-order chi connectivity index (χ0) is 17.8. The van der Waals surface area contributed by atoms with Crippen molar-refractivity contribution in [1.29, 1.82) is 0 Å². The van der Waals surface area contributed by atoms with Crippen molar-refractivity contribution in [3.63, 3.8) is 0 Å². The first-order valence-corrected chi connectivity index (χ1v) is 8.44. The second-order valence-corrected chi connectivity index (χ2v) is 6.31. The molecule has 1 fully saturated rings. The van der Waals surface area contributed by atoms with Crippen LogP contribution < -0.4 is 15.0 Å². The number of hydrogen-bond donors (Lipinski definition) is 1. The molecule has 0 aliphatic carbocycles. The van der Waals surface area contributed by atoms with Gasteiger partial charge in [0.2, 0.25) is 11.8 Å². The van der Waals surface area contributed by atoms with Gasteiger partial charge in [0.05, 0.1) is 7.11 Å². The molecule has 1 N–H and O–H groups in total. The summed E-state index contributed by atoms with van der Waals surface area (Å²) < 4.78 is 5.17. The number of hydrogen-bond acceptors (Lipinski definition) is 3. The summed E-state index contributed by atoms with van der Waals surface area (Å²) in [6, 6.07) is 14.5. The van der Waals surface area contributed by atoms with E-state index in [1.54, 1.807) is 36.3 Å². The molecule has 1 aliphatic rings. The lowest BCUT2D eigenvalue weighted by Gasteiger charge is -2.17. The molecular formula is C19H19ClN2O3. The van der Waals surface area contributed by atoms with Gasteiger partial charge >= 0.3 is 0 Å². The summed E-state index contributed by atoms with van der Waals surface area (Å²) in [5.74, 6) is -0.339. The molecule has 3 rings (SSSR count). The second-order valence-electron chi connectivity index (χ2n) is 5.88. The van der Waals surface area contributed by atoms with Gasteiger partial charge in [0.15, 0.2) is 0 Å². The molecule has 1 aliphatic heterocycles. The average Bonchev–Trinajstić information content (AvgIpc) is 3.02. The van der Waals surface area contributed by atoms with Gasteiger partial charge in [0.25, 0.3) is 0 Å². The van der Waals surface area contributed by atoms with Gasteiger partial charge < -0.3 is 15.0 Å². The van der Waals surface area contributed by atoms with Gasteiger partial charge in [-0.3, -0.25) is 9.59 Å². The van der Waals surface area contributed by atoms with Crippen molar-refractivity contribution >= 4 is 29.1 Å². The van der Waals surface area contributed by atoms with E-state index in [0.717, 1.165) is 17.0 Å². The Hall–Kier alpha value is -2.53. The van der Waals surface area contributed by atoms with E-state index in [1.165, 1.54) is 0 Å². The first-order valence-electron chi connectivity index (χ1n) is 8.06. The molecule has 5 nitrogen and oxygen atoms in total. The maximum Gasteiger partial charge on any atom is 0.239 e. The first kappa shape index (κ1) is 17.3. The lowest BCUT2D eigenvalue weighted by Crippen LogP contribution is -2.36. The molecule has 2 aromatic rings. The number of carbonyl (C=O) groups excluding carboxylic acids is 2. The number of rotatable bonds is 5. The van der Waals surface area contributed by atoms with E-state index in [-0.39, 0.29) is 11.8 Å². The van der Waals surface area contributed by atoms with Crippen LogP contribution in [0.2, 0.25) is 5.02 Å². The maximum absolute atomic E-state index is 12.6. The van der Waals surface area contributed by atoms with Crippen LogP contribution >= 0.6 is 11.6 Å². The number of anilines is 1. The third-order valence-corrected chi connectivity index (χ3v) is 4.51. The molecule has 2 aromatic carbocycles. The molecule has 0 radical (unpaired) electrons. The highest BCUT2D eigenvalue weighted by Gasteiger charge is 2.37. The largest absolute Gasteiger partial charge is 0.497 e. The fourth-order valence-electron chi connectivity index (χ4n) is 2.90. The van der Waals surface area contributed by atoms with E-state index in [4.69, 9.17) is 16.3 Å². The standard InChI is InChI=1S/C19H19ClN2O3/c1-25-16-4-2-3-13(11-16)12-21-18(23)17-9-10-22(19(17)24)15-7-5-14(20)6-8-15/h2-8,11,17H,9-10,12H2,1H3,(H,21,23)/t17-/m0/s1. The Morgan fingerprint density at radius 1 is 1.28 bits per heavy atom. The minimum atomic E-state index is -0.652. The Kier molecular flexibility index (Phi) is 5.24. The van der Waals surface area contributed by atoms with Gasteiger partial charge in [-0.25, -0.2) is 0 Å².